The predicted octanol–water partition coefficient (Wildman–Crippen LogP) is 5.40. The van der Waals surface area contributed by atoms with Gasteiger partial charge in [0.05, 0.1) is 6.42 Å². The number of hydrogen-bond donors (Lipinski definition) is 1. The van der Waals surface area contributed by atoms with Crippen molar-refractivity contribution >= 4 is 23.2 Å². The van der Waals surface area contributed by atoms with Gasteiger partial charge in [0.15, 0.2) is 0 Å². The van der Waals surface area contributed by atoms with Gasteiger partial charge in [-0.15, -0.1) is 11.3 Å². The minimum Gasteiger partial charge on any atom is -0.351 e. The summed E-state index contributed by atoms with van der Waals surface area (Å²) in [7, 11) is 0. The first-order valence-corrected chi connectivity index (χ1v) is 12.0. The van der Waals surface area contributed by atoms with E-state index in [-0.39, 0.29) is 36.3 Å². The normalized spacial score (nSPS) is 14.7. The van der Waals surface area contributed by atoms with Gasteiger partial charge < -0.3 is 10.2 Å². The molecule has 33 heavy (non-hydrogen) atoms. The van der Waals surface area contributed by atoms with Gasteiger partial charge in [0.2, 0.25) is 11.8 Å². The van der Waals surface area contributed by atoms with Crippen LogP contribution in [0.4, 0.5) is 8.78 Å². The molecule has 1 aromatic heterocycles. The molecular weight excluding hydrogens is 442 g/mol. The molecule has 1 aliphatic rings. The van der Waals surface area contributed by atoms with E-state index in [1.54, 1.807) is 30.3 Å². The van der Waals surface area contributed by atoms with Crippen LogP contribution in [0.3, 0.4) is 0 Å². The van der Waals surface area contributed by atoms with Gasteiger partial charge >= 0.3 is 0 Å². The van der Waals surface area contributed by atoms with E-state index in [4.69, 9.17) is 0 Å². The van der Waals surface area contributed by atoms with E-state index < -0.39 is 17.8 Å². The Morgan fingerprint density at radius 1 is 1.00 bits per heavy atom. The van der Waals surface area contributed by atoms with Gasteiger partial charge in [0, 0.05) is 23.0 Å². The number of carbonyl (C=O) groups excluding carboxylic acids is 2. The summed E-state index contributed by atoms with van der Waals surface area (Å²) in [6.45, 7) is 0.0571. The van der Waals surface area contributed by atoms with Crippen LogP contribution in [-0.4, -0.2) is 22.8 Å². The molecule has 7 heteroatoms. The summed E-state index contributed by atoms with van der Waals surface area (Å²) in [5.74, 6) is -1.62. The van der Waals surface area contributed by atoms with Crippen molar-refractivity contribution < 1.29 is 18.4 Å². The van der Waals surface area contributed by atoms with Crippen molar-refractivity contribution in [2.75, 3.05) is 0 Å². The van der Waals surface area contributed by atoms with E-state index in [2.05, 4.69) is 5.32 Å². The quantitative estimate of drug-likeness (QED) is 0.481. The summed E-state index contributed by atoms with van der Waals surface area (Å²) < 4.78 is 28.4. The van der Waals surface area contributed by atoms with E-state index in [9.17, 15) is 18.4 Å². The Kier molecular flexibility index (Phi) is 7.50. The molecule has 172 valence electrons. The molecule has 0 saturated heterocycles. The first-order chi connectivity index (χ1) is 16.0. The number of halogens is 2. The van der Waals surface area contributed by atoms with Crippen LogP contribution in [0.1, 0.15) is 47.7 Å². The van der Waals surface area contributed by atoms with E-state index in [0.29, 0.717) is 5.56 Å². The van der Waals surface area contributed by atoms with E-state index in [1.165, 1.54) is 34.4 Å². The molecule has 2 amide bonds. The fraction of sp³-hybridized carbons (Fsp3) is 0.308. The third kappa shape index (κ3) is 5.85. The summed E-state index contributed by atoms with van der Waals surface area (Å²) >= 11 is 1.45. The maximum Gasteiger partial charge on any atom is 0.247 e. The first-order valence-electron chi connectivity index (χ1n) is 11.1. The number of thiophene rings is 1. The summed E-state index contributed by atoms with van der Waals surface area (Å²) in [4.78, 5) is 29.3. The molecule has 0 bridgehead atoms. The van der Waals surface area contributed by atoms with Gasteiger partial charge in [-0.1, -0.05) is 49.2 Å². The zero-order chi connectivity index (χ0) is 23.2. The molecule has 4 nitrogen and oxygen atoms in total. The molecule has 1 N–H and O–H groups in total. The van der Waals surface area contributed by atoms with Gasteiger partial charge in [-0.05, 0) is 48.1 Å². The third-order valence-corrected chi connectivity index (χ3v) is 6.83. The highest BCUT2D eigenvalue weighted by Crippen LogP contribution is 2.29. The second kappa shape index (κ2) is 10.7. The Morgan fingerprint density at radius 2 is 1.73 bits per heavy atom. The lowest BCUT2D eigenvalue weighted by Gasteiger charge is -2.32. The highest BCUT2D eigenvalue weighted by molar-refractivity contribution is 7.10. The van der Waals surface area contributed by atoms with Crippen molar-refractivity contribution in [1.29, 1.82) is 0 Å². The number of rotatable bonds is 8. The van der Waals surface area contributed by atoms with Crippen LogP contribution in [0.15, 0.2) is 66.0 Å². The molecule has 2 aromatic carbocycles. The monoisotopic (exact) mass is 468 g/mol. The fourth-order valence-corrected chi connectivity index (χ4v) is 4.97. The number of nitrogens with zero attached hydrogens (tertiary/aromatic N) is 1. The third-order valence-electron chi connectivity index (χ3n) is 5.95. The Labute approximate surface area is 196 Å². The van der Waals surface area contributed by atoms with Crippen molar-refractivity contribution in [1.82, 2.24) is 10.2 Å². The highest BCUT2D eigenvalue weighted by Gasteiger charge is 2.34. The zero-order valence-corrected chi connectivity index (χ0v) is 19.0. The second-order valence-corrected chi connectivity index (χ2v) is 9.35. The lowest BCUT2D eigenvalue weighted by molar-refractivity contribution is -0.141. The average Bonchev–Trinajstić information content (AvgIpc) is 3.50. The average molecular weight is 469 g/mol. The Balaban J connectivity index is 1.71. The van der Waals surface area contributed by atoms with Crippen LogP contribution >= 0.6 is 11.3 Å². The largest absolute Gasteiger partial charge is 0.351 e. The Hall–Kier alpha value is -3.06. The lowest BCUT2D eigenvalue weighted by atomic mass is 10.0. The SMILES string of the molecule is O=C(NC1CCCC1)C(c1ccccc1F)N(Cc1ccc(F)cc1)C(=O)Cc1cccs1. The smallest absolute Gasteiger partial charge is 0.247 e. The standard InChI is InChI=1S/C26H26F2N2O2S/c27-19-13-11-18(12-14-19)17-30(24(31)16-21-8-5-15-33-21)25(22-9-3-4-10-23(22)28)26(32)29-20-6-1-2-7-20/h3-5,8-15,20,25H,1-2,6-7,16-17H2,(H,29,32). The van der Waals surface area contributed by atoms with E-state index >= 15 is 0 Å². The van der Waals surface area contributed by atoms with Gasteiger partial charge in [0.1, 0.15) is 17.7 Å². The minimum atomic E-state index is -1.13. The van der Waals surface area contributed by atoms with Gasteiger partial charge in [0.25, 0.3) is 0 Å². The second-order valence-electron chi connectivity index (χ2n) is 8.32. The predicted molar refractivity (Wildman–Crippen MR) is 125 cm³/mol. The van der Waals surface area contributed by atoms with Gasteiger partial charge in [-0.25, -0.2) is 8.78 Å². The molecule has 1 heterocycles. The minimum absolute atomic E-state index is 0.0202. The molecular formula is C26H26F2N2O2S. The lowest BCUT2D eigenvalue weighted by Crippen LogP contribution is -2.46. The number of hydrogen-bond acceptors (Lipinski definition) is 3. The van der Waals surface area contributed by atoms with E-state index in [1.807, 2.05) is 17.5 Å². The Bertz CT molecular complexity index is 1080. The van der Waals surface area contributed by atoms with Crippen LogP contribution in [0.25, 0.3) is 0 Å². The number of nitrogens with one attached hydrogen (secondary N) is 1. The molecule has 1 fully saturated rings. The van der Waals surface area contributed by atoms with Crippen LogP contribution in [0, 0.1) is 11.6 Å². The molecule has 0 aliphatic heterocycles. The maximum atomic E-state index is 14.9. The van der Waals surface area contributed by atoms with Gasteiger partial charge in [-0.3, -0.25) is 9.59 Å². The zero-order valence-electron chi connectivity index (χ0n) is 18.2. The van der Waals surface area contributed by atoms with Gasteiger partial charge in [-0.2, -0.15) is 0 Å². The topological polar surface area (TPSA) is 49.4 Å². The van der Waals surface area contributed by atoms with Crippen molar-refractivity contribution in [3.63, 3.8) is 0 Å². The molecule has 4 rings (SSSR count). The first kappa shape index (κ1) is 23.1. The Morgan fingerprint density at radius 3 is 2.39 bits per heavy atom. The summed E-state index contributed by atoms with van der Waals surface area (Å²) in [6, 6.07) is 14.4. The molecule has 3 aromatic rings. The van der Waals surface area contributed by atoms with Crippen molar-refractivity contribution in [3.8, 4) is 0 Å². The van der Waals surface area contributed by atoms with Crippen LogP contribution in [-0.2, 0) is 22.6 Å². The van der Waals surface area contributed by atoms with Crippen molar-refractivity contribution in [2.45, 2.75) is 50.7 Å². The molecule has 1 atom stereocenters. The molecule has 1 saturated carbocycles. The molecule has 0 spiro atoms. The highest BCUT2D eigenvalue weighted by atomic mass is 32.1. The number of carbonyl (C=O) groups is 2. The number of benzene rings is 2. The summed E-state index contributed by atoms with van der Waals surface area (Å²) in [6.07, 6.45) is 3.91. The van der Waals surface area contributed by atoms with Crippen molar-refractivity contribution in [3.05, 3.63) is 93.7 Å². The number of amides is 2. The summed E-state index contributed by atoms with van der Waals surface area (Å²) in [5, 5.41) is 4.92. The molecule has 1 unspecified atom stereocenters. The van der Waals surface area contributed by atoms with Crippen LogP contribution in [0.2, 0.25) is 0 Å². The fourth-order valence-electron chi connectivity index (χ4n) is 4.27. The van der Waals surface area contributed by atoms with E-state index in [0.717, 1.165) is 30.6 Å². The summed E-state index contributed by atoms with van der Waals surface area (Å²) in [5.41, 5.74) is 0.806. The molecule has 1 aliphatic carbocycles. The van der Waals surface area contributed by atoms with Crippen LogP contribution in [0.5, 0.6) is 0 Å². The van der Waals surface area contributed by atoms with Crippen LogP contribution < -0.4 is 5.32 Å². The molecule has 0 radical (unpaired) electrons. The maximum absolute atomic E-state index is 14.9. The van der Waals surface area contributed by atoms with Crippen molar-refractivity contribution in [2.24, 2.45) is 0 Å².